The molecular weight excluding hydrogens is 232 g/mol. The number of hydrogen-bond acceptors (Lipinski definition) is 2. The Kier molecular flexibility index (Phi) is 6.82. The number of nitrogens with zero attached hydrogens (tertiary/aromatic N) is 1. The summed E-state index contributed by atoms with van der Waals surface area (Å²) in [7, 11) is 4.58. The van der Waals surface area contributed by atoms with Gasteiger partial charge in [0.05, 0.1) is 0 Å². The molecule has 19 heavy (non-hydrogen) atoms. The van der Waals surface area contributed by atoms with Gasteiger partial charge in [0, 0.05) is 11.6 Å². The van der Waals surface area contributed by atoms with E-state index in [2.05, 4.69) is 52.0 Å². The van der Waals surface area contributed by atoms with Crippen LogP contribution in [0.5, 0.6) is 0 Å². The standard InChI is InChI=1S/C17H36N2/c1-7-11-18-16(12-14(2)3)17(19(5)6)10-8-9-15(4)13-17/h14-16,18H,7-13H2,1-6H3. The van der Waals surface area contributed by atoms with Gasteiger partial charge in [0.15, 0.2) is 0 Å². The van der Waals surface area contributed by atoms with Gasteiger partial charge in [0.1, 0.15) is 0 Å². The third kappa shape index (κ3) is 4.46. The van der Waals surface area contributed by atoms with Crippen LogP contribution in [0.1, 0.15) is 66.2 Å². The molecule has 0 amide bonds. The van der Waals surface area contributed by atoms with E-state index in [1.54, 1.807) is 0 Å². The van der Waals surface area contributed by atoms with Gasteiger partial charge >= 0.3 is 0 Å². The molecule has 1 aliphatic carbocycles. The van der Waals surface area contributed by atoms with E-state index in [-0.39, 0.29) is 0 Å². The van der Waals surface area contributed by atoms with Crippen LogP contribution in [-0.2, 0) is 0 Å². The lowest BCUT2D eigenvalue weighted by molar-refractivity contribution is 0.0301. The number of rotatable bonds is 7. The minimum Gasteiger partial charge on any atom is -0.312 e. The molecule has 0 saturated heterocycles. The first kappa shape index (κ1) is 17.0. The highest BCUT2D eigenvalue weighted by Gasteiger charge is 2.43. The molecular formula is C17H36N2. The summed E-state index contributed by atoms with van der Waals surface area (Å²) in [5.74, 6) is 1.64. The van der Waals surface area contributed by atoms with Gasteiger partial charge in [-0.1, -0.05) is 40.5 Å². The first-order valence-electron chi connectivity index (χ1n) is 8.33. The maximum absolute atomic E-state index is 3.87. The average Bonchev–Trinajstić information content (AvgIpc) is 2.33. The van der Waals surface area contributed by atoms with Crippen LogP contribution in [0.3, 0.4) is 0 Å². The minimum absolute atomic E-state index is 0.372. The van der Waals surface area contributed by atoms with Crippen molar-refractivity contribution in [1.82, 2.24) is 10.2 Å². The number of likely N-dealkylation sites (N-methyl/N-ethyl adjacent to an activating group) is 1. The second-order valence-corrected chi connectivity index (χ2v) is 7.34. The van der Waals surface area contributed by atoms with Crippen LogP contribution in [0, 0.1) is 11.8 Å². The fraction of sp³-hybridized carbons (Fsp3) is 1.00. The third-order valence-corrected chi connectivity index (χ3v) is 4.90. The van der Waals surface area contributed by atoms with E-state index in [0.29, 0.717) is 11.6 Å². The Hall–Kier alpha value is -0.0800. The summed E-state index contributed by atoms with van der Waals surface area (Å²) in [6.45, 7) is 10.6. The Morgan fingerprint density at radius 2 is 2.00 bits per heavy atom. The Morgan fingerprint density at radius 1 is 1.32 bits per heavy atom. The van der Waals surface area contributed by atoms with Crippen LogP contribution in [0.2, 0.25) is 0 Å². The monoisotopic (exact) mass is 268 g/mol. The zero-order valence-corrected chi connectivity index (χ0v) is 14.1. The van der Waals surface area contributed by atoms with Crippen LogP contribution in [-0.4, -0.2) is 37.1 Å². The fourth-order valence-electron chi connectivity index (χ4n) is 3.88. The molecule has 1 fully saturated rings. The van der Waals surface area contributed by atoms with Crippen molar-refractivity contribution in [3.8, 4) is 0 Å². The maximum Gasteiger partial charge on any atom is 0.0359 e. The molecule has 0 spiro atoms. The first-order valence-corrected chi connectivity index (χ1v) is 8.33. The number of hydrogen-bond donors (Lipinski definition) is 1. The van der Waals surface area contributed by atoms with Gasteiger partial charge in [-0.25, -0.2) is 0 Å². The second-order valence-electron chi connectivity index (χ2n) is 7.34. The van der Waals surface area contributed by atoms with Crippen LogP contribution in [0.15, 0.2) is 0 Å². The summed E-state index contributed by atoms with van der Waals surface area (Å²) >= 11 is 0. The van der Waals surface area contributed by atoms with E-state index in [1.807, 2.05) is 0 Å². The Balaban J connectivity index is 2.89. The second kappa shape index (κ2) is 7.64. The molecule has 0 radical (unpaired) electrons. The quantitative estimate of drug-likeness (QED) is 0.753. The molecule has 1 N–H and O–H groups in total. The van der Waals surface area contributed by atoms with E-state index in [1.165, 1.54) is 38.5 Å². The van der Waals surface area contributed by atoms with Gasteiger partial charge in [-0.15, -0.1) is 0 Å². The van der Waals surface area contributed by atoms with Crippen molar-refractivity contribution < 1.29 is 0 Å². The Labute approximate surface area is 121 Å². The zero-order valence-electron chi connectivity index (χ0n) is 14.1. The maximum atomic E-state index is 3.87. The lowest BCUT2D eigenvalue weighted by Gasteiger charge is -2.51. The predicted octanol–water partition coefficient (Wildman–Crippen LogP) is 3.91. The molecule has 3 unspecified atom stereocenters. The molecule has 2 heteroatoms. The van der Waals surface area contributed by atoms with Crippen molar-refractivity contribution >= 4 is 0 Å². The molecule has 0 aromatic carbocycles. The van der Waals surface area contributed by atoms with E-state index >= 15 is 0 Å². The van der Waals surface area contributed by atoms with Crippen LogP contribution < -0.4 is 5.32 Å². The highest BCUT2D eigenvalue weighted by atomic mass is 15.2. The summed E-state index contributed by atoms with van der Waals surface area (Å²) in [4.78, 5) is 2.53. The predicted molar refractivity (Wildman–Crippen MR) is 85.6 cm³/mol. The normalized spacial score (nSPS) is 30.0. The summed E-state index contributed by atoms with van der Waals surface area (Å²) in [6, 6.07) is 0.644. The van der Waals surface area contributed by atoms with Gasteiger partial charge < -0.3 is 10.2 Å². The number of nitrogens with one attached hydrogen (secondary N) is 1. The smallest absolute Gasteiger partial charge is 0.0359 e. The molecule has 0 aliphatic heterocycles. The molecule has 0 bridgehead atoms. The summed E-state index contributed by atoms with van der Waals surface area (Å²) in [5.41, 5.74) is 0.372. The first-order chi connectivity index (χ1) is 8.92. The molecule has 1 aliphatic rings. The van der Waals surface area contributed by atoms with E-state index < -0.39 is 0 Å². The molecule has 3 atom stereocenters. The van der Waals surface area contributed by atoms with Crippen molar-refractivity contribution in [3.63, 3.8) is 0 Å². The Bertz CT molecular complexity index is 250. The Morgan fingerprint density at radius 3 is 2.47 bits per heavy atom. The fourth-order valence-corrected chi connectivity index (χ4v) is 3.88. The van der Waals surface area contributed by atoms with Gasteiger partial charge in [-0.2, -0.15) is 0 Å². The van der Waals surface area contributed by atoms with Gasteiger partial charge in [-0.05, 0) is 58.2 Å². The summed E-state index contributed by atoms with van der Waals surface area (Å²) in [6.07, 6.45) is 8.05. The van der Waals surface area contributed by atoms with E-state index in [0.717, 1.165) is 18.4 Å². The largest absolute Gasteiger partial charge is 0.312 e. The molecule has 1 saturated carbocycles. The van der Waals surface area contributed by atoms with Crippen molar-refractivity contribution in [1.29, 1.82) is 0 Å². The SMILES string of the molecule is CCCNC(CC(C)C)C1(N(C)C)CCCC(C)C1. The average molecular weight is 268 g/mol. The van der Waals surface area contributed by atoms with Crippen LogP contribution >= 0.6 is 0 Å². The van der Waals surface area contributed by atoms with E-state index in [9.17, 15) is 0 Å². The molecule has 114 valence electrons. The zero-order chi connectivity index (χ0) is 14.5. The molecule has 0 aromatic rings. The van der Waals surface area contributed by atoms with Crippen LogP contribution in [0.4, 0.5) is 0 Å². The molecule has 1 rings (SSSR count). The van der Waals surface area contributed by atoms with Crippen molar-refractivity contribution in [2.24, 2.45) is 11.8 Å². The topological polar surface area (TPSA) is 15.3 Å². The third-order valence-electron chi connectivity index (χ3n) is 4.90. The van der Waals surface area contributed by atoms with Crippen molar-refractivity contribution in [2.75, 3.05) is 20.6 Å². The molecule has 2 nitrogen and oxygen atoms in total. The minimum atomic E-state index is 0.372. The van der Waals surface area contributed by atoms with Crippen molar-refractivity contribution in [3.05, 3.63) is 0 Å². The summed E-state index contributed by atoms with van der Waals surface area (Å²) in [5, 5.41) is 3.87. The lowest BCUT2D eigenvalue weighted by atomic mass is 9.69. The van der Waals surface area contributed by atoms with E-state index in [4.69, 9.17) is 0 Å². The van der Waals surface area contributed by atoms with Gasteiger partial charge in [0.2, 0.25) is 0 Å². The molecule has 0 heterocycles. The molecule has 0 aromatic heterocycles. The summed E-state index contributed by atoms with van der Waals surface area (Å²) < 4.78 is 0. The van der Waals surface area contributed by atoms with Crippen LogP contribution in [0.25, 0.3) is 0 Å². The highest BCUT2D eigenvalue weighted by Crippen LogP contribution is 2.39. The highest BCUT2D eigenvalue weighted by molar-refractivity contribution is 5.02. The lowest BCUT2D eigenvalue weighted by Crippen LogP contribution is -2.61. The van der Waals surface area contributed by atoms with Crippen molar-refractivity contribution in [2.45, 2.75) is 77.8 Å². The van der Waals surface area contributed by atoms with Gasteiger partial charge in [-0.3, -0.25) is 0 Å². The van der Waals surface area contributed by atoms with Gasteiger partial charge in [0.25, 0.3) is 0 Å².